The lowest BCUT2D eigenvalue weighted by molar-refractivity contribution is -0.384. The molecule has 0 aliphatic heterocycles. The first-order valence-electron chi connectivity index (χ1n) is 5.67. The van der Waals surface area contributed by atoms with E-state index < -0.39 is 10.5 Å². The SMILES string of the molecule is CC(C)(O)c1cn(-c2ccc(C#N)cc2[N+](=O)[O-])nn1. The van der Waals surface area contributed by atoms with E-state index in [1.54, 1.807) is 0 Å². The average Bonchev–Trinajstić information content (AvgIpc) is 2.87. The summed E-state index contributed by atoms with van der Waals surface area (Å²) in [5, 5.41) is 37.2. The number of rotatable bonds is 3. The molecule has 1 aromatic heterocycles. The predicted octanol–water partition coefficient (Wildman–Crippen LogP) is 1.27. The van der Waals surface area contributed by atoms with Crippen LogP contribution in [0.25, 0.3) is 5.69 Å². The number of nitro benzene ring substituents is 1. The van der Waals surface area contributed by atoms with Gasteiger partial charge in [0.25, 0.3) is 5.69 Å². The van der Waals surface area contributed by atoms with Crippen LogP contribution in [0.5, 0.6) is 0 Å². The van der Waals surface area contributed by atoms with E-state index in [0.29, 0.717) is 0 Å². The zero-order chi connectivity index (χ0) is 14.9. The smallest absolute Gasteiger partial charge is 0.296 e. The second kappa shape index (κ2) is 4.71. The zero-order valence-electron chi connectivity index (χ0n) is 10.8. The lowest BCUT2D eigenvalue weighted by Gasteiger charge is -2.11. The quantitative estimate of drug-likeness (QED) is 0.664. The lowest BCUT2D eigenvalue weighted by atomic mass is 10.1. The number of nitriles is 1. The predicted molar refractivity (Wildman–Crippen MR) is 68.0 cm³/mol. The third kappa shape index (κ3) is 2.48. The normalized spacial score (nSPS) is 11.1. The number of nitro groups is 1. The molecule has 0 bridgehead atoms. The highest BCUT2D eigenvalue weighted by Crippen LogP contribution is 2.25. The van der Waals surface area contributed by atoms with Crippen LogP contribution in [0.4, 0.5) is 5.69 Å². The van der Waals surface area contributed by atoms with Gasteiger partial charge < -0.3 is 5.11 Å². The highest BCUT2D eigenvalue weighted by Gasteiger charge is 2.23. The number of aliphatic hydroxyl groups is 1. The summed E-state index contributed by atoms with van der Waals surface area (Å²) in [5.74, 6) is 0. The van der Waals surface area contributed by atoms with Crippen molar-refractivity contribution < 1.29 is 10.0 Å². The Hall–Kier alpha value is -2.79. The van der Waals surface area contributed by atoms with E-state index in [-0.39, 0.29) is 22.6 Å². The van der Waals surface area contributed by atoms with Gasteiger partial charge in [0, 0.05) is 6.07 Å². The zero-order valence-corrected chi connectivity index (χ0v) is 10.8. The Morgan fingerprint density at radius 3 is 2.70 bits per heavy atom. The summed E-state index contributed by atoms with van der Waals surface area (Å²) in [6.45, 7) is 3.07. The summed E-state index contributed by atoms with van der Waals surface area (Å²) in [4.78, 5) is 10.5. The van der Waals surface area contributed by atoms with Crippen LogP contribution in [0.1, 0.15) is 25.1 Å². The van der Waals surface area contributed by atoms with Gasteiger partial charge in [0.2, 0.25) is 0 Å². The second-order valence-electron chi connectivity index (χ2n) is 4.68. The molecule has 2 aromatic rings. The largest absolute Gasteiger partial charge is 0.384 e. The molecule has 0 saturated carbocycles. The maximum absolute atomic E-state index is 11.1. The van der Waals surface area contributed by atoms with Crippen molar-refractivity contribution in [2.75, 3.05) is 0 Å². The Bertz CT molecular complexity index is 709. The van der Waals surface area contributed by atoms with E-state index in [4.69, 9.17) is 5.26 Å². The van der Waals surface area contributed by atoms with Gasteiger partial charge in [-0.1, -0.05) is 5.21 Å². The minimum atomic E-state index is -1.19. The molecule has 0 fully saturated rings. The van der Waals surface area contributed by atoms with E-state index in [2.05, 4.69) is 10.3 Å². The van der Waals surface area contributed by atoms with E-state index in [1.165, 1.54) is 42.9 Å². The molecule has 0 aliphatic rings. The van der Waals surface area contributed by atoms with Crippen molar-refractivity contribution in [2.24, 2.45) is 0 Å². The van der Waals surface area contributed by atoms with Gasteiger partial charge in [-0.25, -0.2) is 4.68 Å². The van der Waals surface area contributed by atoms with Gasteiger partial charge in [-0.3, -0.25) is 10.1 Å². The van der Waals surface area contributed by atoms with E-state index in [0.717, 1.165) is 0 Å². The molecule has 8 heteroatoms. The van der Waals surface area contributed by atoms with Crippen LogP contribution >= 0.6 is 0 Å². The third-order valence-electron chi connectivity index (χ3n) is 2.67. The minimum absolute atomic E-state index is 0.178. The van der Waals surface area contributed by atoms with Crippen molar-refractivity contribution in [1.29, 1.82) is 5.26 Å². The molecule has 102 valence electrons. The summed E-state index contributed by atoms with van der Waals surface area (Å²) < 4.78 is 1.20. The summed E-state index contributed by atoms with van der Waals surface area (Å²) in [5.41, 5.74) is -0.799. The van der Waals surface area contributed by atoms with Gasteiger partial charge in [-0.2, -0.15) is 5.26 Å². The third-order valence-corrected chi connectivity index (χ3v) is 2.67. The van der Waals surface area contributed by atoms with E-state index >= 15 is 0 Å². The second-order valence-corrected chi connectivity index (χ2v) is 4.68. The molecule has 0 aliphatic carbocycles. The van der Waals surface area contributed by atoms with E-state index in [9.17, 15) is 15.2 Å². The monoisotopic (exact) mass is 273 g/mol. The molecular weight excluding hydrogens is 262 g/mol. The molecular formula is C12H11N5O3. The molecule has 1 N–H and O–H groups in total. The van der Waals surface area contributed by atoms with Gasteiger partial charge in [0.05, 0.1) is 22.8 Å². The van der Waals surface area contributed by atoms with Crippen molar-refractivity contribution in [3.63, 3.8) is 0 Å². The number of hydrogen-bond donors (Lipinski definition) is 1. The molecule has 0 amide bonds. The molecule has 20 heavy (non-hydrogen) atoms. The van der Waals surface area contributed by atoms with Crippen LogP contribution in [0.2, 0.25) is 0 Å². The van der Waals surface area contributed by atoms with Crippen molar-refractivity contribution >= 4 is 5.69 Å². The highest BCUT2D eigenvalue weighted by molar-refractivity contribution is 5.56. The Labute approximate surface area is 114 Å². The highest BCUT2D eigenvalue weighted by atomic mass is 16.6. The van der Waals surface area contributed by atoms with Crippen LogP contribution in [0.15, 0.2) is 24.4 Å². The molecule has 0 saturated heterocycles. The van der Waals surface area contributed by atoms with Gasteiger partial charge >= 0.3 is 0 Å². The van der Waals surface area contributed by atoms with Crippen LogP contribution < -0.4 is 0 Å². The fraction of sp³-hybridized carbons (Fsp3) is 0.250. The molecule has 2 rings (SSSR count). The first kappa shape index (κ1) is 13.6. The van der Waals surface area contributed by atoms with Gasteiger partial charge in [-0.05, 0) is 26.0 Å². The number of benzene rings is 1. The van der Waals surface area contributed by atoms with Crippen molar-refractivity contribution in [3.05, 3.63) is 45.8 Å². The molecule has 0 spiro atoms. The topological polar surface area (TPSA) is 118 Å². The summed E-state index contributed by atoms with van der Waals surface area (Å²) in [6.07, 6.45) is 1.41. The number of nitrogens with zero attached hydrogens (tertiary/aromatic N) is 5. The standard InChI is InChI=1S/C12H11N5O3/c1-12(2,18)11-7-16(15-14-11)9-4-3-8(6-13)5-10(9)17(19)20/h3-5,7,18H,1-2H3. The number of aromatic nitrogens is 3. The Kier molecular flexibility index (Phi) is 3.21. The van der Waals surface area contributed by atoms with Crippen LogP contribution in [0.3, 0.4) is 0 Å². The summed E-state index contributed by atoms with van der Waals surface area (Å²) in [6, 6.07) is 5.88. The van der Waals surface area contributed by atoms with Crippen molar-refractivity contribution in [1.82, 2.24) is 15.0 Å². The average molecular weight is 273 g/mol. The molecule has 8 nitrogen and oxygen atoms in total. The lowest BCUT2D eigenvalue weighted by Crippen LogP contribution is -2.15. The van der Waals surface area contributed by atoms with Crippen LogP contribution in [-0.4, -0.2) is 25.0 Å². The van der Waals surface area contributed by atoms with Crippen LogP contribution in [-0.2, 0) is 5.60 Å². The van der Waals surface area contributed by atoms with Crippen molar-refractivity contribution in [2.45, 2.75) is 19.4 Å². The Balaban J connectivity index is 2.56. The van der Waals surface area contributed by atoms with Crippen LogP contribution in [0, 0.1) is 21.4 Å². The molecule has 1 aromatic carbocycles. The number of hydrogen-bond acceptors (Lipinski definition) is 6. The fourth-order valence-corrected chi connectivity index (χ4v) is 1.59. The molecule has 0 atom stereocenters. The summed E-state index contributed by atoms with van der Waals surface area (Å²) in [7, 11) is 0. The summed E-state index contributed by atoms with van der Waals surface area (Å²) >= 11 is 0. The van der Waals surface area contributed by atoms with Crippen molar-refractivity contribution in [3.8, 4) is 11.8 Å². The maximum Gasteiger partial charge on any atom is 0.296 e. The van der Waals surface area contributed by atoms with E-state index in [1.807, 2.05) is 6.07 Å². The molecule has 0 radical (unpaired) electrons. The van der Waals surface area contributed by atoms with Gasteiger partial charge in [0.15, 0.2) is 0 Å². The molecule has 1 heterocycles. The fourth-order valence-electron chi connectivity index (χ4n) is 1.59. The Morgan fingerprint density at radius 2 is 2.20 bits per heavy atom. The molecule has 0 unspecified atom stereocenters. The minimum Gasteiger partial charge on any atom is -0.384 e. The van der Waals surface area contributed by atoms with Gasteiger partial charge in [0.1, 0.15) is 17.0 Å². The first-order valence-corrected chi connectivity index (χ1v) is 5.67. The maximum atomic E-state index is 11.1. The first-order chi connectivity index (χ1) is 9.32. The Morgan fingerprint density at radius 1 is 1.50 bits per heavy atom. The van der Waals surface area contributed by atoms with Gasteiger partial charge in [-0.15, -0.1) is 5.10 Å².